The van der Waals surface area contributed by atoms with Gasteiger partial charge >= 0.3 is 0 Å². The predicted molar refractivity (Wildman–Crippen MR) is 141 cm³/mol. The fourth-order valence-corrected chi connectivity index (χ4v) is 6.08. The van der Waals surface area contributed by atoms with Crippen molar-refractivity contribution in [2.75, 3.05) is 31.6 Å². The summed E-state index contributed by atoms with van der Waals surface area (Å²) in [5, 5.41) is 15.4. The standard InChI is InChI=1S/C26H28BrClN4O4/c1-26-23(32-7-3-2-4-8-32)13-34-24(26)22(12-35-26)36-21-11-19-16(10-20(21)33)25(30-14-29-19)31-15-5-6-17(27)18(28)9-15/h5-6,9-11,14,22-24,33H,2-4,7-8,12-13H2,1H3,(H,29,30,31)/t22-,23-,24?,26?/m1/s1. The lowest BCUT2D eigenvalue weighted by Gasteiger charge is -2.39. The highest BCUT2D eigenvalue weighted by Gasteiger charge is 2.59. The number of halogens is 2. The zero-order chi connectivity index (χ0) is 24.9. The van der Waals surface area contributed by atoms with E-state index < -0.39 is 5.60 Å². The van der Waals surface area contributed by atoms with Crippen LogP contribution in [0.25, 0.3) is 10.9 Å². The smallest absolute Gasteiger partial charge is 0.163 e. The van der Waals surface area contributed by atoms with Crippen LogP contribution < -0.4 is 10.1 Å². The summed E-state index contributed by atoms with van der Waals surface area (Å²) in [5.41, 5.74) is 0.982. The first-order chi connectivity index (χ1) is 17.4. The Bertz CT molecular complexity index is 1290. The Balaban J connectivity index is 1.22. The number of fused-ring (bicyclic) bond motifs is 2. The van der Waals surface area contributed by atoms with Crippen LogP contribution in [0.1, 0.15) is 26.2 Å². The number of likely N-dealkylation sites (tertiary alicyclic amines) is 1. The van der Waals surface area contributed by atoms with Crippen LogP contribution in [-0.4, -0.2) is 70.1 Å². The molecule has 0 aliphatic carbocycles. The highest BCUT2D eigenvalue weighted by Crippen LogP contribution is 2.43. The second-order valence-electron chi connectivity index (χ2n) is 9.83. The van der Waals surface area contributed by atoms with Crippen LogP contribution in [0.4, 0.5) is 11.5 Å². The highest BCUT2D eigenvalue weighted by molar-refractivity contribution is 9.10. The van der Waals surface area contributed by atoms with Gasteiger partial charge in [0.2, 0.25) is 0 Å². The molecule has 3 aliphatic heterocycles. The molecule has 0 amide bonds. The molecule has 1 aromatic heterocycles. The van der Waals surface area contributed by atoms with Crippen molar-refractivity contribution in [2.24, 2.45) is 0 Å². The first-order valence-electron chi connectivity index (χ1n) is 12.3. The Morgan fingerprint density at radius 2 is 2.00 bits per heavy atom. The number of hydrogen-bond acceptors (Lipinski definition) is 8. The van der Waals surface area contributed by atoms with Crippen LogP contribution in [0.15, 0.2) is 41.1 Å². The molecule has 0 bridgehead atoms. The highest BCUT2D eigenvalue weighted by atomic mass is 79.9. The number of anilines is 2. The molecule has 8 nitrogen and oxygen atoms in total. The number of nitrogens with one attached hydrogen (secondary N) is 1. The number of nitrogens with zero attached hydrogens (tertiary/aromatic N) is 3. The molecule has 0 saturated carbocycles. The average Bonchev–Trinajstić information content (AvgIpc) is 3.38. The fourth-order valence-electron chi connectivity index (χ4n) is 5.65. The molecule has 4 heterocycles. The summed E-state index contributed by atoms with van der Waals surface area (Å²) in [5.74, 6) is 0.913. The Labute approximate surface area is 223 Å². The third-order valence-electron chi connectivity index (χ3n) is 7.56. The molecule has 10 heteroatoms. The summed E-state index contributed by atoms with van der Waals surface area (Å²) in [7, 11) is 0. The van der Waals surface area contributed by atoms with Gasteiger partial charge in [0, 0.05) is 21.6 Å². The third-order valence-corrected chi connectivity index (χ3v) is 8.80. The molecule has 190 valence electrons. The van der Waals surface area contributed by atoms with Gasteiger partial charge in [-0.05, 0) is 73.1 Å². The van der Waals surface area contributed by atoms with Crippen LogP contribution in [0.2, 0.25) is 5.02 Å². The van der Waals surface area contributed by atoms with Crippen LogP contribution in [0.3, 0.4) is 0 Å². The molecule has 4 atom stereocenters. The Kier molecular flexibility index (Phi) is 6.46. The van der Waals surface area contributed by atoms with E-state index in [0.29, 0.717) is 40.7 Å². The first-order valence-corrected chi connectivity index (χ1v) is 13.5. The SMILES string of the molecule is CC12OC[C@@H](Oc3cc4ncnc(Nc5ccc(Br)c(Cl)c5)c4cc3O)C1OC[C@H]2N1CCCCC1. The Morgan fingerprint density at radius 3 is 2.81 bits per heavy atom. The van der Waals surface area contributed by atoms with Gasteiger partial charge in [0.25, 0.3) is 0 Å². The minimum atomic E-state index is -0.431. The van der Waals surface area contributed by atoms with E-state index in [2.05, 4.69) is 43.0 Å². The van der Waals surface area contributed by atoms with Crippen LogP contribution in [0.5, 0.6) is 11.5 Å². The fraction of sp³-hybridized carbons (Fsp3) is 0.462. The number of benzene rings is 2. The normalized spacial score (nSPS) is 28.4. The van der Waals surface area contributed by atoms with Gasteiger partial charge in [-0.1, -0.05) is 18.0 Å². The molecule has 3 saturated heterocycles. The second-order valence-corrected chi connectivity index (χ2v) is 11.1. The van der Waals surface area contributed by atoms with Gasteiger partial charge in [-0.2, -0.15) is 0 Å². The Hall–Kier alpha value is -2.17. The van der Waals surface area contributed by atoms with Crippen LogP contribution >= 0.6 is 27.5 Å². The van der Waals surface area contributed by atoms with Crippen molar-refractivity contribution in [1.82, 2.24) is 14.9 Å². The van der Waals surface area contributed by atoms with E-state index in [1.165, 1.54) is 25.6 Å². The van der Waals surface area contributed by atoms with Crippen molar-refractivity contribution in [3.8, 4) is 11.5 Å². The molecule has 2 N–H and O–H groups in total. The molecule has 3 aromatic rings. The summed E-state index contributed by atoms with van der Waals surface area (Å²) >= 11 is 9.63. The molecule has 0 spiro atoms. The van der Waals surface area contributed by atoms with E-state index in [4.69, 9.17) is 25.8 Å². The van der Waals surface area contributed by atoms with Crippen molar-refractivity contribution < 1.29 is 19.3 Å². The number of piperidine rings is 1. The van der Waals surface area contributed by atoms with Gasteiger partial charge in [-0.3, -0.25) is 4.90 Å². The number of hydrogen-bond donors (Lipinski definition) is 2. The lowest BCUT2D eigenvalue weighted by molar-refractivity contribution is -0.0480. The number of aromatic hydroxyl groups is 1. The number of aromatic nitrogens is 2. The van der Waals surface area contributed by atoms with Crippen LogP contribution in [0, 0.1) is 0 Å². The quantitative estimate of drug-likeness (QED) is 0.425. The maximum Gasteiger partial charge on any atom is 0.163 e. The van der Waals surface area contributed by atoms with Gasteiger partial charge in [-0.25, -0.2) is 9.97 Å². The van der Waals surface area contributed by atoms with Crippen molar-refractivity contribution in [1.29, 1.82) is 0 Å². The summed E-state index contributed by atoms with van der Waals surface area (Å²) in [6, 6.07) is 9.11. The van der Waals surface area contributed by atoms with Gasteiger partial charge in [0.15, 0.2) is 17.6 Å². The van der Waals surface area contributed by atoms with E-state index in [1.54, 1.807) is 18.2 Å². The first kappa shape index (κ1) is 24.2. The zero-order valence-electron chi connectivity index (χ0n) is 19.9. The molecule has 3 fully saturated rings. The lowest BCUT2D eigenvalue weighted by atomic mass is 9.90. The maximum absolute atomic E-state index is 10.9. The average molecular weight is 576 g/mol. The van der Waals surface area contributed by atoms with Gasteiger partial charge in [-0.15, -0.1) is 0 Å². The minimum Gasteiger partial charge on any atom is -0.504 e. The molecule has 3 aliphatic rings. The second kappa shape index (κ2) is 9.61. The summed E-state index contributed by atoms with van der Waals surface area (Å²) in [6.07, 6.45) is 4.67. The van der Waals surface area contributed by atoms with E-state index in [-0.39, 0.29) is 24.0 Å². The summed E-state index contributed by atoms with van der Waals surface area (Å²) < 4.78 is 19.7. The molecule has 2 unspecified atom stereocenters. The largest absolute Gasteiger partial charge is 0.504 e. The molecule has 6 rings (SSSR count). The predicted octanol–water partition coefficient (Wildman–Crippen LogP) is 5.28. The number of rotatable bonds is 5. The number of phenols is 1. The van der Waals surface area contributed by atoms with Gasteiger partial charge in [0.05, 0.1) is 29.8 Å². The minimum absolute atomic E-state index is 0.00775. The summed E-state index contributed by atoms with van der Waals surface area (Å²) in [6.45, 7) is 5.34. The van der Waals surface area contributed by atoms with Crippen molar-refractivity contribution >= 4 is 49.9 Å². The lowest BCUT2D eigenvalue weighted by Crippen LogP contribution is -2.54. The molecule has 0 radical (unpaired) electrons. The Morgan fingerprint density at radius 1 is 1.17 bits per heavy atom. The maximum atomic E-state index is 10.9. The van der Waals surface area contributed by atoms with Crippen molar-refractivity contribution in [2.45, 2.75) is 50.0 Å². The topological polar surface area (TPSA) is 89.0 Å². The molecule has 2 aromatic carbocycles. The van der Waals surface area contributed by atoms with E-state index in [1.807, 2.05) is 12.1 Å². The van der Waals surface area contributed by atoms with Crippen LogP contribution in [-0.2, 0) is 9.47 Å². The van der Waals surface area contributed by atoms with E-state index in [9.17, 15) is 5.11 Å². The zero-order valence-corrected chi connectivity index (χ0v) is 22.3. The monoisotopic (exact) mass is 574 g/mol. The van der Waals surface area contributed by atoms with E-state index in [0.717, 1.165) is 23.2 Å². The third kappa shape index (κ3) is 4.31. The number of ether oxygens (including phenoxy) is 3. The number of phenolic OH excluding ortho intramolecular Hbond substituents is 1. The van der Waals surface area contributed by atoms with Crippen molar-refractivity contribution in [3.05, 3.63) is 46.2 Å². The molecular formula is C26H28BrClN4O4. The van der Waals surface area contributed by atoms with Gasteiger partial charge < -0.3 is 24.6 Å². The van der Waals surface area contributed by atoms with Crippen molar-refractivity contribution in [3.63, 3.8) is 0 Å². The van der Waals surface area contributed by atoms with E-state index >= 15 is 0 Å². The molecule has 36 heavy (non-hydrogen) atoms. The molecular weight excluding hydrogens is 548 g/mol. The summed E-state index contributed by atoms with van der Waals surface area (Å²) in [4.78, 5) is 11.3. The van der Waals surface area contributed by atoms with Gasteiger partial charge in [0.1, 0.15) is 23.9 Å².